The van der Waals surface area contributed by atoms with E-state index in [1.807, 2.05) is 25.2 Å². The molecule has 0 spiro atoms. The van der Waals surface area contributed by atoms with Crippen LogP contribution in [0, 0.1) is 5.82 Å². The molecule has 110 valence electrons. The van der Waals surface area contributed by atoms with Crippen molar-refractivity contribution >= 4 is 11.6 Å². The number of hydrogen-bond acceptors (Lipinski definition) is 2. The molecule has 21 heavy (non-hydrogen) atoms. The lowest BCUT2D eigenvalue weighted by Crippen LogP contribution is -2.42. The first-order chi connectivity index (χ1) is 10.2. The molecule has 1 heterocycles. The molecule has 2 aromatic carbocycles. The number of benzene rings is 2. The predicted octanol–water partition coefficient (Wildman–Crippen LogP) is 3.61. The normalized spacial score (nSPS) is 18.1. The molecule has 0 fully saturated rings. The molecular weight excluding hydrogens is 289 g/mol. The fourth-order valence-electron chi connectivity index (χ4n) is 2.78. The lowest BCUT2D eigenvalue weighted by atomic mass is 9.98. The maximum absolute atomic E-state index is 13.1. The van der Waals surface area contributed by atoms with Crippen molar-refractivity contribution < 1.29 is 9.13 Å². The summed E-state index contributed by atoms with van der Waals surface area (Å²) in [7, 11) is 1.91. The zero-order valence-electron chi connectivity index (χ0n) is 11.8. The average Bonchev–Trinajstić information content (AvgIpc) is 2.90. The van der Waals surface area contributed by atoms with E-state index in [2.05, 4.69) is 11.4 Å². The molecule has 0 aliphatic carbocycles. The first kappa shape index (κ1) is 14.4. The first-order valence-electron chi connectivity index (χ1n) is 7.03. The Balaban J connectivity index is 1.75. The van der Waals surface area contributed by atoms with E-state index in [4.69, 9.17) is 16.3 Å². The summed E-state index contributed by atoms with van der Waals surface area (Å²) in [4.78, 5) is 0. The molecule has 3 rings (SSSR count). The van der Waals surface area contributed by atoms with E-state index in [1.165, 1.54) is 17.7 Å². The third-order valence-electron chi connectivity index (χ3n) is 3.95. The molecule has 0 saturated heterocycles. The zero-order valence-corrected chi connectivity index (χ0v) is 12.5. The highest BCUT2D eigenvalue weighted by atomic mass is 35.5. The van der Waals surface area contributed by atoms with Gasteiger partial charge in [0.25, 0.3) is 0 Å². The van der Waals surface area contributed by atoms with Crippen molar-refractivity contribution in [1.29, 1.82) is 0 Å². The van der Waals surface area contributed by atoms with Gasteiger partial charge in [-0.1, -0.05) is 35.9 Å². The van der Waals surface area contributed by atoms with Gasteiger partial charge in [0.15, 0.2) is 0 Å². The quantitative estimate of drug-likeness (QED) is 0.931. The second-order valence-corrected chi connectivity index (χ2v) is 5.71. The topological polar surface area (TPSA) is 21.3 Å². The highest BCUT2D eigenvalue weighted by molar-refractivity contribution is 6.31. The Bertz CT molecular complexity index is 621. The van der Waals surface area contributed by atoms with Gasteiger partial charge < -0.3 is 10.1 Å². The minimum Gasteiger partial charge on any atom is -0.488 e. The highest BCUT2D eigenvalue weighted by Crippen LogP contribution is 2.31. The van der Waals surface area contributed by atoms with Gasteiger partial charge in [0, 0.05) is 17.5 Å². The Labute approximate surface area is 128 Å². The number of ether oxygens (including phenoxy) is 1. The maximum Gasteiger partial charge on any atom is 0.124 e. The number of nitrogens with one attached hydrogen (secondary N) is 1. The van der Waals surface area contributed by atoms with E-state index in [1.54, 1.807) is 6.07 Å². The van der Waals surface area contributed by atoms with E-state index in [0.717, 1.165) is 17.7 Å². The van der Waals surface area contributed by atoms with Crippen LogP contribution in [-0.2, 0) is 12.8 Å². The van der Waals surface area contributed by atoms with Crippen LogP contribution in [0.5, 0.6) is 5.75 Å². The van der Waals surface area contributed by atoms with E-state index >= 15 is 0 Å². The van der Waals surface area contributed by atoms with Crippen LogP contribution < -0.4 is 10.1 Å². The summed E-state index contributed by atoms with van der Waals surface area (Å²) < 4.78 is 19.1. The molecule has 1 N–H and O–H groups in total. The van der Waals surface area contributed by atoms with E-state index in [-0.39, 0.29) is 18.0 Å². The summed E-state index contributed by atoms with van der Waals surface area (Å²) in [6, 6.07) is 12.7. The number of hydrogen-bond donors (Lipinski definition) is 1. The molecular formula is C17H17ClFNO. The summed E-state index contributed by atoms with van der Waals surface area (Å²) in [5, 5.41) is 3.76. The van der Waals surface area contributed by atoms with Crippen molar-refractivity contribution in [3.63, 3.8) is 0 Å². The lowest BCUT2D eigenvalue weighted by Gasteiger charge is -2.23. The van der Waals surface area contributed by atoms with Crippen LogP contribution in [0.25, 0.3) is 0 Å². The van der Waals surface area contributed by atoms with Crippen LogP contribution in [0.4, 0.5) is 4.39 Å². The van der Waals surface area contributed by atoms with Gasteiger partial charge in [0.2, 0.25) is 0 Å². The molecule has 2 unspecified atom stereocenters. The molecule has 0 amide bonds. The van der Waals surface area contributed by atoms with Gasteiger partial charge >= 0.3 is 0 Å². The summed E-state index contributed by atoms with van der Waals surface area (Å²) in [5.74, 6) is 0.641. The van der Waals surface area contributed by atoms with Gasteiger partial charge in [-0.3, -0.25) is 0 Å². The smallest absolute Gasteiger partial charge is 0.124 e. The van der Waals surface area contributed by atoms with Crippen molar-refractivity contribution in [3.05, 3.63) is 64.4 Å². The Morgan fingerprint density at radius 2 is 2.14 bits per heavy atom. The van der Waals surface area contributed by atoms with Gasteiger partial charge in [0.05, 0.1) is 0 Å². The van der Waals surface area contributed by atoms with Crippen LogP contribution in [0.2, 0.25) is 5.02 Å². The van der Waals surface area contributed by atoms with Crippen molar-refractivity contribution in [2.24, 2.45) is 0 Å². The highest BCUT2D eigenvalue weighted by Gasteiger charge is 2.29. The van der Waals surface area contributed by atoms with Crippen LogP contribution in [-0.4, -0.2) is 19.2 Å². The number of fused-ring (bicyclic) bond motifs is 1. The molecule has 0 bridgehead atoms. The molecule has 0 aromatic heterocycles. The van der Waals surface area contributed by atoms with E-state index in [9.17, 15) is 4.39 Å². The molecule has 2 nitrogen and oxygen atoms in total. The standard InChI is InChI=1S/C17H17ClFNO/c1-20-15(8-11-6-7-13(19)10-14(11)18)17-9-12-4-2-3-5-16(12)21-17/h2-7,10,15,17,20H,8-9H2,1H3. The molecule has 2 atom stereocenters. The zero-order chi connectivity index (χ0) is 14.8. The second-order valence-electron chi connectivity index (χ2n) is 5.30. The third-order valence-corrected chi connectivity index (χ3v) is 4.30. The van der Waals surface area contributed by atoms with Gasteiger partial charge in [0.1, 0.15) is 17.7 Å². The Morgan fingerprint density at radius 3 is 2.86 bits per heavy atom. The van der Waals surface area contributed by atoms with Crippen LogP contribution in [0.1, 0.15) is 11.1 Å². The second kappa shape index (κ2) is 6.04. The Morgan fingerprint density at radius 1 is 1.33 bits per heavy atom. The molecule has 0 saturated carbocycles. The van der Waals surface area contributed by atoms with E-state index in [0.29, 0.717) is 11.4 Å². The largest absolute Gasteiger partial charge is 0.488 e. The fraction of sp³-hybridized carbons (Fsp3) is 0.294. The summed E-state index contributed by atoms with van der Waals surface area (Å²) >= 11 is 6.12. The van der Waals surface area contributed by atoms with Crippen molar-refractivity contribution in [3.8, 4) is 5.75 Å². The summed E-state index contributed by atoms with van der Waals surface area (Å²) in [6.45, 7) is 0. The van der Waals surface area contributed by atoms with Crippen LogP contribution >= 0.6 is 11.6 Å². The van der Waals surface area contributed by atoms with Crippen molar-refractivity contribution in [2.75, 3.05) is 7.05 Å². The minimum absolute atomic E-state index is 0.0634. The maximum atomic E-state index is 13.1. The monoisotopic (exact) mass is 305 g/mol. The van der Waals surface area contributed by atoms with Gasteiger partial charge in [-0.25, -0.2) is 4.39 Å². The first-order valence-corrected chi connectivity index (χ1v) is 7.41. The summed E-state index contributed by atoms with van der Waals surface area (Å²) in [5.41, 5.74) is 2.16. The SMILES string of the molecule is CNC(Cc1ccc(F)cc1Cl)C1Cc2ccccc2O1. The molecule has 0 radical (unpaired) electrons. The van der Waals surface area contributed by atoms with Gasteiger partial charge in [-0.15, -0.1) is 0 Å². The molecule has 2 aromatic rings. The Kier molecular flexibility index (Phi) is 4.13. The number of likely N-dealkylation sites (N-methyl/N-ethyl adjacent to an activating group) is 1. The Hall–Kier alpha value is -1.58. The van der Waals surface area contributed by atoms with Crippen molar-refractivity contribution in [2.45, 2.75) is 25.0 Å². The van der Waals surface area contributed by atoms with Crippen LogP contribution in [0.3, 0.4) is 0 Å². The van der Waals surface area contributed by atoms with Crippen LogP contribution in [0.15, 0.2) is 42.5 Å². The predicted molar refractivity (Wildman–Crippen MR) is 82.5 cm³/mol. The van der Waals surface area contributed by atoms with Crippen molar-refractivity contribution in [1.82, 2.24) is 5.32 Å². The van der Waals surface area contributed by atoms with Gasteiger partial charge in [-0.05, 0) is 42.8 Å². The number of rotatable bonds is 4. The number of halogens is 2. The molecule has 4 heteroatoms. The molecule has 1 aliphatic rings. The lowest BCUT2D eigenvalue weighted by molar-refractivity contribution is 0.182. The number of para-hydroxylation sites is 1. The fourth-order valence-corrected chi connectivity index (χ4v) is 3.02. The minimum atomic E-state index is -0.311. The average molecular weight is 306 g/mol. The van der Waals surface area contributed by atoms with Gasteiger partial charge in [-0.2, -0.15) is 0 Å². The summed E-state index contributed by atoms with van der Waals surface area (Å²) in [6.07, 6.45) is 1.64. The third kappa shape index (κ3) is 3.04. The molecule has 1 aliphatic heterocycles. The van der Waals surface area contributed by atoms with E-state index < -0.39 is 0 Å².